The average Bonchev–Trinajstić information content (AvgIpc) is 3.30. The number of carboxylic acids is 1. The number of aliphatic carboxylic acids is 1. The van der Waals surface area contributed by atoms with Gasteiger partial charge >= 0.3 is 5.97 Å². The predicted octanol–water partition coefficient (Wildman–Crippen LogP) is 1.57. The van der Waals surface area contributed by atoms with Gasteiger partial charge in [0.15, 0.2) is 17.5 Å². The molecule has 36 heavy (non-hydrogen) atoms. The van der Waals surface area contributed by atoms with E-state index in [1.165, 1.54) is 33.8 Å². The van der Waals surface area contributed by atoms with Crippen LogP contribution in [0.25, 0.3) is 6.08 Å². The SMILES string of the molecule is C#CCO/N=C(/C(=O)NC1C(=O)N2C(C(=O)O)=C(S/C=C\c3cccnc3)CSC12)c1csc(N)n1. The fourth-order valence-electron chi connectivity index (χ4n) is 3.30. The van der Waals surface area contributed by atoms with E-state index >= 15 is 0 Å². The number of rotatable bonds is 9. The van der Waals surface area contributed by atoms with Gasteiger partial charge in [0.05, 0.1) is 0 Å². The molecule has 1 saturated heterocycles. The number of oxime groups is 1. The van der Waals surface area contributed by atoms with Gasteiger partial charge in [-0.2, -0.15) is 0 Å². The lowest BCUT2D eigenvalue weighted by Crippen LogP contribution is -2.71. The molecule has 2 aromatic rings. The van der Waals surface area contributed by atoms with Crippen molar-refractivity contribution in [1.29, 1.82) is 0 Å². The van der Waals surface area contributed by atoms with Crippen molar-refractivity contribution in [1.82, 2.24) is 20.2 Å². The Balaban J connectivity index is 1.49. The second kappa shape index (κ2) is 11.3. The molecule has 11 nitrogen and oxygen atoms in total. The number of carbonyl (C=O) groups is 3. The van der Waals surface area contributed by atoms with Crippen LogP contribution in [0.15, 0.2) is 51.1 Å². The normalized spacial score (nSPS) is 19.5. The van der Waals surface area contributed by atoms with Crippen LogP contribution in [0.3, 0.4) is 0 Å². The average molecular weight is 543 g/mol. The number of nitrogen functional groups attached to an aromatic ring is 1. The second-order valence-electron chi connectivity index (χ2n) is 7.13. The predicted molar refractivity (Wildman–Crippen MR) is 138 cm³/mol. The summed E-state index contributed by atoms with van der Waals surface area (Å²) in [5, 5.41) is 19.1. The third-order valence-electron chi connectivity index (χ3n) is 4.86. The van der Waals surface area contributed by atoms with Gasteiger partial charge in [0, 0.05) is 28.4 Å². The number of anilines is 1. The van der Waals surface area contributed by atoms with E-state index in [-0.39, 0.29) is 28.8 Å². The van der Waals surface area contributed by atoms with E-state index in [9.17, 15) is 19.5 Å². The largest absolute Gasteiger partial charge is 0.477 e. The Bertz CT molecular complexity index is 1320. The highest BCUT2D eigenvalue weighted by Gasteiger charge is 2.54. The summed E-state index contributed by atoms with van der Waals surface area (Å²) in [7, 11) is 0. The summed E-state index contributed by atoms with van der Waals surface area (Å²) in [5.41, 5.74) is 6.38. The molecule has 4 N–H and O–H groups in total. The Hall–Kier alpha value is -3.80. The first-order valence-electron chi connectivity index (χ1n) is 10.2. The molecule has 2 atom stereocenters. The number of amides is 2. The highest BCUT2D eigenvalue weighted by molar-refractivity contribution is 8.08. The fourth-order valence-corrected chi connectivity index (χ4v) is 6.20. The third-order valence-corrected chi connectivity index (χ3v) is 7.89. The van der Waals surface area contributed by atoms with Gasteiger partial charge in [-0.15, -0.1) is 29.5 Å². The minimum atomic E-state index is -1.22. The first kappa shape index (κ1) is 25.3. The number of β-lactam (4-membered cyclic amide) rings is 1. The molecule has 0 radical (unpaired) electrons. The van der Waals surface area contributed by atoms with Crippen LogP contribution in [0.1, 0.15) is 11.3 Å². The summed E-state index contributed by atoms with van der Waals surface area (Å²) in [6, 6.07) is 2.70. The molecule has 184 valence electrons. The Labute approximate surface area is 217 Å². The molecule has 0 spiro atoms. The lowest BCUT2D eigenvalue weighted by atomic mass is 10.0. The monoisotopic (exact) mass is 542 g/mol. The van der Waals surface area contributed by atoms with Crippen molar-refractivity contribution in [3.8, 4) is 12.3 Å². The van der Waals surface area contributed by atoms with Crippen molar-refractivity contribution in [2.75, 3.05) is 18.1 Å². The molecule has 2 aliphatic heterocycles. The molecule has 14 heteroatoms. The van der Waals surface area contributed by atoms with Gasteiger partial charge in [-0.25, -0.2) is 9.78 Å². The van der Waals surface area contributed by atoms with Gasteiger partial charge in [0.2, 0.25) is 0 Å². The first-order valence-corrected chi connectivity index (χ1v) is 13.0. The number of nitrogens with one attached hydrogen (secondary N) is 1. The lowest BCUT2D eigenvalue weighted by molar-refractivity contribution is -0.150. The van der Waals surface area contributed by atoms with Gasteiger partial charge in [-0.05, 0) is 23.1 Å². The van der Waals surface area contributed by atoms with E-state index in [0.29, 0.717) is 10.7 Å². The van der Waals surface area contributed by atoms with Gasteiger partial charge < -0.3 is 21.0 Å². The number of hydrogen-bond acceptors (Lipinski definition) is 11. The van der Waals surface area contributed by atoms with Crippen molar-refractivity contribution < 1.29 is 24.3 Å². The molecule has 0 aromatic carbocycles. The maximum Gasteiger partial charge on any atom is 0.353 e. The van der Waals surface area contributed by atoms with Crippen LogP contribution in [-0.2, 0) is 19.2 Å². The molecule has 2 amide bonds. The minimum absolute atomic E-state index is 0.103. The highest BCUT2D eigenvalue weighted by atomic mass is 32.2. The van der Waals surface area contributed by atoms with E-state index < -0.39 is 29.2 Å². The van der Waals surface area contributed by atoms with Gasteiger partial charge in [0.25, 0.3) is 11.8 Å². The van der Waals surface area contributed by atoms with Crippen LogP contribution < -0.4 is 11.1 Å². The summed E-state index contributed by atoms with van der Waals surface area (Å²) in [6.45, 7) is -0.173. The van der Waals surface area contributed by atoms with Crippen LogP contribution in [0.2, 0.25) is 0 Å². The number of thioether (sulfide) groups is 2. The summed E-state index contributed by atoms with van der Waals surface area (Å²) in [4.78, 5) is 52.6. The van der Waals surface area contributed by atoms with E-state index in [2.05, 4.69) is 26.4 Å². The van der Waals surface area contributed by atoms with Crippen molar-refractivity contribution in [3.63, 3.8) is 0 Å². The minimum Gasteiger partial charge on any atom is -0.477 e. The molecule has 0 aliphatic carbocycles. The zero-order valence-corrected chi connectivity index (χ0v) is 20.8. The number of carboxylic acid groups (broad SMARTS) is 1. The maximum absolute atomic E-state index is 12.9. The number of fused-ring (bicyclic) bond motifs is 1. The molecule has 4 rings (SSSR count). The van der Waals surface area contributed by atoms with Gasteiger partial charge in [0.1, 0.15) is 22.8 Å². The Kier molecular flexibility index (Phi) is 7.93. The lowest BCUT2D eigenvalue weighted by Gasteiger charge is -2.49. The Morgan fingerprint density at radius 2 is 2.33 bits per heavy atom. The first-order chi connectivity index (χ1) is 17.4. The van der Waals surface area contributed by atoms with E-state index in [4.69, 9.17) is 17.0 Å². The number of thiazole rings is 1. The molecule has 2 unspecified atom stereocenters. The molecular weight excluding hydrogens is 524 g/mol. The van der Waals surface area contributed by atoms with Crippen molar-refractivity contribution >= 4 is 69.6 Å². The maximum atomic E-state index is 12.9. The quantitative estimate of drug-likeness (QED) is 0.140. The van der Waals surface area contributed by atoms with Crippen LogP contribution >= 0.6 is 34.9 Å². The summed E-state index contributed by atoms with van der Waals surface area (Å²) in [5.74, 6) is 0.0813. The Morgan fingerprint density at radius 3 is 3.00 bits per heavy atom. The number of hydrogen-bond donors (Lipinski definition) is 3. The van der Waals surface area contributed by atoms with Gasteiger partial charge in [-0.1, -0.05) is 28.9 Å². The smallest absolute Gasteiger partial charge is 0.353 e. The summed E-state index contributed by atoms with van der Waals surface area (Å²) in [6.07, 6.45) is 10.3. The number of nitrogens with zero attached hydrogens (tertiary/aromatic N) is 4. The van der Waals surface area contributed by atoms with Crippen molar-refractivity contribution in [2.24, 2.45) is 5.16 Å². The number of pyridine rings is 1. The summed E-state index contributed by atoms with van der Waals surface area (Å²) >= 11 is 3.67. The zero-order valence-electron chi connectivity index (χ0n) is 18.4. The van der Waals surface area contributed by atoms with Gasteiger partial charge in [-0.3, -0.25) is 19.5 Å². The van der Waals surface area contributed by atoms with Crippen LogP contribution in [0.5, 0.6) is 0 Å². The molecule has 2 aliphatic rings. The highest BCUT2D eigenvalue weighted by Crippen LogP contribution is 2.43. The second-order valence-corrected chi connectivity index (χ2v) is 10.1. The number of nitrogens with two attached hydrogens (primary N) is 1. The molecule has 0 saturated carbocycles. The molecular formula is C22H18N6O5S3. The van der Waals surface area contributed by atoms with E-state index in [1.54, 1.807) is 29.9 Å². The summed E-state index contributed by atoms with van der Waals surface area (Å²) < 4.78 is 0. The van der Waals surface area contributed by atoms with Crippen LogP contribution in [0.4, 0.5) is 5.13 Å². The Morgan fingerprint density at radius 1 is 1.50 bits per heavy atom. The fraction of sp³-hybridized carbons (Fsp3) is 0.182. The number of aromatic nitrogens is 2. The topological polar surface area (TPSA) is 160 Å². The number of terminal acetylenes is 1. The van der Waals surface area contributed by atoms with Crippen LogP contribution in [0, 0.1) is 12.3 Å². The van der Waals surface area contributed by atoms with E-state index in [0.717, 1.165) is 16.9 Å². The third kappa shape index (κ3) is 5.38. The molecule has 4 heterocycles. The van der Waals surface area contributed by atoms with Crippen LogP contribution in [-0.4, -0.2) is 67.2 Å². The van der Waals surface area contributed by atoms with Crippen molar-refractivity contribution in [3.05, 3.63) is 57.2 Å². The van der Waals surface area contributed by atoms with Crippen molar-refractivity contribution in [2.45, 2.75) is 11.4 Å². The standard InChI is InChI=1S/C22H18N6O5S3/c1-2-7-33-27-15(13-10-36-22(23)25-13)18(29)26-16-19(30)28-17(21(31)32)14(11-35-20(16)28)34-8-5-12-4-3-6-24-9-12/h1,3-6,8-10,16,20H,7,11H2,(H2,23,25)(H,26,29)(H,31,32)/b8-5-,27-15+. The molecule has 1 fully saturated rings. The van der Waals surface area contributed by atoms with E-state index in [1.807, 2.05) is 6.07 Å². The number of carbonyl (C=O) groups excluding carboxylic acids is 2. The molecule has 2 aromatic heterocycles. The molecule has 0 bridgehead atoms. The zero-order chi connectivity index (χ0) is 25.7.